The number of hydrogen-bond acceptors (Lipinski definition) is 4. The molecular formula is C16H19N3OS. The molecule has 0 spiro atoms. The molecule has 5 heteroatoms. The monoisotopic (exact) mass is 301 g/mol. The van der Waals surface area contributed by atoms with Crippen molar-refractivity contribution >= 4 is 16.3 Å². The van der Waals surface area contributed by atoms with Crippen molar-refractivity contribution in [2.24, 2.45) is 5.73 Å². The minimum absolute atomic E-state index is 0.494. The van der Waals surface area contributed by atoms with Gasteiger partial charge in [-0.3, -0.25) is 4.40 Å². The Morgan fingerprint density at radius 2 is 2.05 bits per heavy atom. The Kier molecular flexibility index (Phi) is 3.94. The summed E-state index contributed by atoms with van der Waals surface area (Å²) in [5, 5.41) is 2.13. The molecule has 3 rings (SSSR count). The van der Waals surface area contributed by atoms with Gasteiger partial charge in [0.15, 0.2) is 4.96 Å². The number of rotatable bonds is 5. The van der Waals surface area contributed by atoms with Gasteiger partial charge < -0.3 is 10.5 Å². The molecule has 2 heterocycles. The van der Waals surface area contributed by atoms with E-state index in [1.807, 2.05) is 19.1 Å². The molecule has 0 atom stereocenters. The highest BCUT2D eigenvalue weighted by Crippen LogP contribution is 2.29. The summed E-state index contributed by atoms with van der Waals surface area (Å²) < 4.78 is 7.78. The first-order chi connectivity index (χ1) is 10.2. The number of hydrogen-bond donors (Lipinski definition) is 1. The van der Waals surface area contributed by atoms with Gasteiger partial charge in [0, 0.05) is 11.9 Å². The van der Waals surface area contributed by atoms with E-state index < -0.39 is 0 Å². The maximum absolute atomic E-state index is 5.87. The molecule has 0 unspecified atom stereocenters. The molecule has 4 nitrogen and oxygen atoms in total. The molecule has 0 aliphatic rings. The average molecular weight is 301 g/mol. The lowest BCUT2D eigenvalue weighted by Gasteiger charge is -2.07. The SMILES string of the molecule is CCCOc1ccc(-c2csc3nc(C)c(CN)n23)cc1. The third-order valence-corrected chi connectivity index (χ3v) is 4.30. The van der Waals surface area contributed by atoms with Crippen molar-refractivity contribution in [3.63, 3.8) is 0 Å². The summed E-state index contributed by atoms with van der Waals surface area (Å²) >= 11 is 1.64. The Hall–Kier alpha value is -1.85. The minimum Gasteiger partial charge on any atom is -0.494 e. The zero-order chi connectivity index (χ0) is 14.8. The Balaban J connectivity index is 2.00. The maximum atomic E-state index is 5.87. The number of imidazole rings is 1. The molecule has 0 aliphatic carbocycles. The third kappa shape index (κ3) is 2.54. The minimum atomic E-state index is 0.494. The van der Waals surface area contributed by atoms with Crippen LogP contribution in [0.3, 0.4) is 0 Å². The van der Waals surface area contributed by atoms with E-state index in [-0.39, 0.29) is 0 Å². The fourth-order valence-corrected chi connectivity index (χ4v) is 3.36. The van der Waals surface area contributed by atoms with E-state index in [9.17, 15) is 0 Å². The summed E-state index contributed by atoms with van der Waals surface area (Å²) in [4.78, 5) is 5.56. The van der Waals surface area contributed by atoms with Crippen molar-refractivity contribution in [1.29, 1.82) is 0 Å². The number of ether oxygens (including phenoxy) is 1. The van der Waals surface area contributed by atoms with Crippen LogP contribution in [0.1, 0.15) is 24.7 Å². The molecule has 0 saturated carbocycles. The van der Waals surface area contributed by atoms with E-state index in [2.05, 4.69) is 33.8 Å². The fourth-order valence-electron chi connectivity index (χ4n) is 2.40. The Morgan fingerprint density at radius 3 is 2.71 bits per heavy atom. The summed E-state index contributed by atoms with van der Waals surface area (Å²) in [5.74, 6) is 0.910. The van der Waals surface area contributed by atoms with Gasteiger partial charge in [-0.15, -0.1) is 11.3 Å². The van der Waals surface area contributed by atoms with E-state index in [0.29, 0.717) is 6.54 Å². The highest BCUT2D eigenvalue weighted by atomic mass is 32.1. The van der Waals surface area contributed by atoms with Crippen molar-refractivity contribution in [1.82, 2.24) is 9.38 Å². The molecule has 0 bridgehead atoms. The van der Waals surface area contributed by atoms with Gasteiger partial charge >= 0.3 is 0 Å². The highest BCUT2D eigenvalue weighted by Gasteiger charge is 2.14. The van der Waals surface area contributed by atoms with Gasteiger partial charge in [0.2, 0.25) is 0 Å². The van der Waals surface area contributed by atoms with Crippen molar-refractivity contribution in [3.05, 3.63) is 41.0 Å². The van der Waals surface area contributed by atoms with E-state index in [4.69, 9.17) is 10.5 Å². The normalized spacial score (nSPS) is 11.2. The van der Waals surface area contributed by atoms with Crippen LogP contribution >= 0.6 is 11.3 Å². The topological polar surface area (TPSA) is 52.5 Å². The van der Waals surface area contributed by atoms with E-state index in [1.54, 1.807) is 11.3 Å². The van der Waals surface area contributed by atoms with Crippen molar-refractivity contribution < 1.29 is 4.74 Å². The van der Waals surface area contributed by atoms with Crippen LogP contribution in [0.5, 0.6) is 5.75 Å². The molecule has 110 valence electrons. The first kappa shape index (κ1) is 14.1. The summed E-state index contributed by atoms with van der Waals surface area (Å²) in [6.45, 7) is 5.36. The van der Waals surface area contributed by atoms with Gasteiger partial charge in [-0.2, -0.15) is 0 Å². The van der Waals surface area contributed by atoms with E-state index >= 15 is 0 Å². The standard InChI is InChI=1S/C16H19N3OS/c1-3-8-20-13-6-4-12(5-7-13)15-10-21-16-18-11(2)14(9-17)19(15)16/h4-7,10H,3,8-9,17H2,1-2H3. The molecule has 1 aromatic carbocycles. The Labute approximate surface area is 128 Å². The van der Waals surface area contributed by atoms with Crippen LogP contribution in [0.25, 0.3) is 16.2 Å². The van der Waals surface area contributed by atoms with Crippen molar-refractivity contribution in [2.75, 3.05) is 6.61 Å². The van der Waals surface area contributed by atoms with Crippen LogP contribution < -0.4 is 10.5 Å². The van der Waals surface area contributed by atoms with Crippen LogP contribution in [0, 0.1) is 6.92 Å². The van der Waals surface area contributed by atoms with Crippen molar-refractivity contribution in [3.8, 4) is 17.0 Å². The predicted octanol–water partition coefficient (Wildman–Crippen LogP) is 3.62. The number of aromatic nitrogens is 2. The number of nitrogens with two attached hydrogens (primary N) is 1. The van der Waals surface area contributed by atoms with Gasteiger partial charge in [0.05, 0.1) is 23.7 Å². The Morgan fingerprint density at radius 1 is 1.29 bits per heavy atom. The third-order valence-electron chi connectivity index (χ3n) is 3.48. The summed E-state index contributed by atoms with van der Waals surface area (Å²) in [7, 11) is 0. The van der Waals surface area contributed by atoms with Gasteiger partial charge in [-0.05, 0) is 43.2 Å². The molecule has 0 fully saturated rings. The van der Waals surface area contributed by atoms with Crippen LogP contribution in [0.4, 0.5) is 0 Å². The van der Waals surface area contributed by atoms with Gasteiger partial charge in [-0.25, -0.2) is 4.98 Å². The molecule has 21 heavy (non-hydrogen) atoms. The number of fused-ring (bicyclic) bond motifs is 1. The van der Waals surface area contributed by atoms with Gasteiger partial charge in [0.1, 0.15) is 5.75 Å². The smallest absolute Gasteiger partial charge is 0.194 e. The van der Waals surface area contributed by atoms with E-state index in [1.165, 1.54) is 0 Å². The number of nitrogens with zero attached hydrogens (tertiary/aromatic N) is 2. The zero-order valence-electron chi connectivity index (χ0n) is 12.3. The molecule has 2 N–H and O–H groups in total. The maximum Gasteiger partial charge on any atom is 0.194 e. The molecule has 0 aliphatic heterocycles. The second-order valence-electron chi connectivity index (χ2n) is 4.96. The second-order valence-corrected chi connectivity index (χ2v) is 5.80. The van der Waals surface area contributed by atoms with Gasteiger partial charge in [0.25, 0.3) is 0 Å². The van der Waals surface area contributed by atoms with Crippen molar-refractivity contribution in [2.45, 2.75) is 26.8 Å². The lowest BCUT2D eigenvalue weighted by atomic mass is 10.1. The average Bonchev–Trinajstić information content (AvgIpc) is 3.03. The lowest BCUT2D eigenvalue weighted by Crippen LogP contribution is -2.03. The first-order valence-corrected chi connectivity index (χ1v) is 8.01. The van der Waals surface area contributed by atoms with E-state index in [0.717, 1.165) is 46.4 Å². The number of thiazole rings is 1. The molecule has 3 aromatic rings. The quantitative estimate of drug-likeness (QED) is 0.783. The number of aryl methyl sites for hydroxylation is 1. The molecular weight excluding hydrogens is 282 g/mol. The fraction of sp³-hybridized carbons (Fsp3) is 0.312. The highest BCUT2D eigenvalue weighted by molar-refractivity contribution is 7.15. The van der Waals surface area contributed by atoms with Crippen LogP contribution in [0.15, 0.2) is 29.6 Å². The summed E-state index contributed by atoms with van der Waals surface area (Å²) in [5.41, 5.74) is 10.2. The lowest BCUT2D eigenvalue weighted by molar-refractivity contribution is 0.317. The first-order valence-electron chi connectivity index (χ1n) is 7.13. The van der Waals surface area contributed by atoms with Crippen LogP contribution in [0.2, 0.25) is 0 Å². The predicted molar refractivity (Wildman–Crippen MR) is 86.9 cm³/mol. The molecule has 0 amide bonds. The van der Waals surface area contributed by atoms with Gasteiger partial charge in [-0.1, -0.05) is 6.92 Å². The summed E-state index contributed by atoms with van der Waals surface area (Å²) in [6.07, 6.45) is 1.01. The molecule has 0 saturated heterocycles. The second kappa shape index (κ2) is 5.87. The number of benzene rings is 1. The van der Waals surface area contributed by atoms with Crippen LogP contribution in [-0.2, 0) is 6.54 Å². The summed E-state index contributed by atoms with van der Waals surface area (Å²) in [6, 6.07) is 8.20. The molecule has 0 radical (unpaired) electrons. The molecule has 2 aromatic heterocycles. The van der Waals surface area contributed by atoms with Crippen LogP contribution in [-0.4, -0.2) is 16.0 Å². The largest absolute Gasteiger partial charge is 0.494 e. The zero-order valence-corrected chi connectivity index (χ0v) is 13.1. The Bertz CT molecular complexity index is 743.